The minimum absolute atomic E-state index is 0. The van der Waals surface area contributed by atoms with Gasteiger partial charge in [-0.05, 0) is 47.9 Å². The van der Waals surface area contributed by atoms with Crippen molar-refractivity contribution in [3.05, 3.63) is 90.5 Å². The molecule has 2 heterocycles. The highest BCUT2D eigenvalue weighted by Gasteiger charge is 2.21. The number of halogens is 1. The lowest BCUT2D eigenvalue weighted by atomic mass is 10.1. The first kappa shape index (κ1) is 22.0. The van der Waals surface area contributed by atoms with Gasteiger partial charge in [-0.1, -0.05) is 53.8 Å². The van der Waals surface area contributed by atoms with E-state index in [1.165, 1.54) is 0 Å². The lowest BCUT2D eigenvalue weighted by Crippen LogP contribution is -2.32. The van der Waals surface area contributed by atoms with Gasteiger partial charge in [0.05, 0.1) is 16.5 Å². The summed E-state index contributed by atoms with van der Waals surface area (Å²) >= 11 is 1.57. The lowest BCUT2D eigenvalue weighted by molar-refractivity contribution is 0.0986. The van der Waals surface area contributed by atoms with Gasteiger partial charge in [0.2, 0.25) is 0 Å². The number of amides is 1. The van der Waals surface area contributed by atoms with E-state index in [1.807, 2.05) is 58.1 Å². The maximum Gasteiger partial charge on any atom is 0.260 e. The molecule has 1 amide bonds. The van der Waals surface area contributed by atoms with Crippen molar-refractivity contribution in [2.45, 2.75) is 19.9 Å². The van der Waals surface area contributed by atoms with Crippen molar-refractivity contribution in [2.24, 2.45) is 0 Å². The minimum Gasteiger partial charge on any atom is -0.337 e. The summed E-state index contributed by atoms with van der Waals surface area (Å²) in [5.41, 5.74) is 2.77. The van der Waals surface area contributed by atoms with Gasteiger partial charge in [-0.25, -0.2) is 9.97 Å². The minimum atomic E-state index is -0.0203. The van der Waals surface area contributed by atoms with Crippen LogP contribution in [0.2, 0.25) is 0 Å². The molecule has 5 aromatic rings. The van der Waals surface area contributed by atoms with Crippen molar-refractivity contribution in [3.8, 4) is 0 Å². The van der Waals surface area contributed by atoms with E-state index in [-0.39, 0.29) is 18.3 Å². The number of aryl methyl sites for hydroxylation is 2. The number of fused-ring (bicyclic) bond motifs is 2. The standard InChI is InChI=1S/C25H22N4OS.ClH/c1-18-6-4-9-22-23(18)27-25(31-22)29(14-5-13-28-15-12-26-17-28)24(30)21-11-10-19-7-2-3-8-20(19)16-21;/h2-4,6-12,15-17H,5,13-14H2,1H3;1H. The number of benzene rings is 3. The summed E-state index contributed by atoms with van der Waals surface area (Å²) in [7, 11) is 0. The summed E-state index contributed by atoms with van der Waals surface area (Å²) in [5, 5.41) is 2.93. The zero-order valence-electron chi connectivity index (χ0n) is 17.6. The molecule has 0 saturated heterocycles. The second-order valence-electron chi connectivity index (χ2n) is 7.59. The summed E-state index contributed by atoms with van der Waals surface area (Å²) < 4.78 is 3.13. The van der Waals surface area contributed by atoms with E-state index in [1.54, 1.807) is 23.9 Å². The molecule has 5 nitrogen and oxygen atoms in total. The number of thiazole rings is 1. The molecule has 0 fully saturated rings. The van der Waals surface area contributed by atoms with Crippen LogP contribution in [0.25, 0.3) is 21.0 Å². The number of para-hydroxylation sites is 1. The molecule has 0 aliphatic rings. The number of rotatable bonds is 6. The summed E-state index contributed by atoms with van der Waals surface area (Å²) in [5.74, 6) is -0.0203. The van der Waals surface area contributed by atoms with Crippen LogP contribution in [-0.2, 0) is 6.54 Å². The second-order valence-corrected chi connectivity index (χ2v) is 8.60. The first-order valence-corrected chi connectivity index (χ1v) is 11.1. The molecule has 0 N–H and O–H groups in total. The smallest absolute Gasteiger partial charge is 0.260 e. The number of hydrogen-bond acceptors (Lipinski definition) is 4. The molecule has 2 aromatic heterocycles. The SMILES string of the molecule is Cc1cccc2sc(N(CCCn3ccnc3)C(=O)c3ccc4ccccc4c3)nc12.Cl. The third-order valence-corrected chi connectivity index (χ3v) is 6.48. The third-order valence-electron chi connectivity index (χ3n) is 5.44. The number of aromatic nitrogens is 3. The van der Waals surface area contributed by atoms with Crippen LogP contribution in [-0.4, -0.2) is 27.0 Å². The molecule has 0 saturated carbocycles. The molecular weight excluding hydrogens is 440 g/mol. The largest absolute Gasteiger partial charge is 0.337 e. The van der Waals surface area contributed by atoms with Crippen LogP contribution in [0.4, 0.5) is 5.13 Å². The van der Waals surface area contributed by atoms with Gasteiger partial charge in [-0.15, -0.1) is 12.4 Å². The van der Waals surface area contributed by atoms with E-state index in [9.17, 15) is 4.79 Å². The van der Waals surface area contributed by atoms with Crippen molar-refractivity contribution in [1.82, 2.24) is 14.5 Å². The molecular formula is C25H23ClN4OS. The van der Waals surface area contributed by atoms with Gasteiger partial charge in [0.1, 0.15) is 0 Å². The van der Waals surface area contributed by atoms with Crippen LogP contribution < -0.4 is 4.90 Å². The molecule has 0 unspecified atom stereocenters. The summed E-state index contributed by atoms with van der Waals surface area (Å²) in [6.07, 6.45) is 6.33. The number of nitrogens with zero attached hydrogens (tertiary/aromatic N) is 4. The van der Waals surface area contributed by atoms with Crippen molar-refractivity contribution in [3.63, 3.8) is 0 Å². The van der Waals surface area contributed by atoms with Crippen molar-refractivity contribution >= 4 is 55.8 Å². The Morgan fingerprint density at radius 2 is 1.91 bits per heavy atom. The molecule has 7 heteroatoms. The van der Waals surface area contributed by atoms with Crippen LogP contribution >= 0.6 is 23.7 Å². The summed E-state index contributed by atoms with van der Waals surface area (Å²) in [4.78, 5) is 24.4. The first-order valence-electron chi connectivity index (χ1n) is 10.3. The van der Waals surface area contributed by atoms with Crippen molar-refractivity contribution in [1.29, 1.82) is 0 Å². The normalized spacial score (nSPS) is 10.9. The van der Waals surface area contributed by atoms with Gasteiger partial charge in [0, 0.05) is 31.0 Å². The molecule has 0 aliphatic carbocycles. The number of hydrogen-bond donors (Lipinski definition) is 0. The Kier molecular flexibility index (Phi) is 6.53. The van der Waals surface area contributed by atoms with Gasteiger partial charge in [0.15, 0.2) is 5.13 Å². The highest BCUT2D eigenvalue weighted by atomic mass is 35.5. The van der Waals surface area contributed by atoms with Crippen molar-refractivity contribution < 1.29 is 4.79 Å². The quantitative estimate of drug-likeness (QED) is 0.305. The second kappa shape index (κ2) is 9.51. The average molecular weight is 463 g/mol. The van der Waals surface area contributed by atoms with Crippen molar-refractivity contribution in [2.75, 3.05) is 11.4 Å². The van der Waals surface area contributed by atoms with E-state index in [0.717, 1.165) is 44.6 Å². The highest BCUT2D eigenvalue weighted by molar-refractivity contribution is 7.22. The Morgan fingerprint density at radius 3 is 2.69 bits per heavy atom. The number of imidazole rings is 1. The summed E-state index contributed by atoms with van der Waals surface area (Å²) in [6, 6.07) is 20.1. The van der Waals surface area contributed by atoms with Crippen LogP contribution in [0.15, 0.2) is 79.4 Å². The highest BCUT2D eigenvalue weighted by Crippen LogP contribution is 2.32. The molecule has 5 rings (SSSR count). The van der Waals surface area contributed by atoms with Gasteiger partial charge in [0.25, 0.3) is 5.91 Å². The zero-order valence-corrected chi connectivity index (χ0v) is 19.3. The van der Waals surface area contributed by atoms with Crippen LogP contribution in [0.3, 0.4) is 0 Å². The van der Waals surface area contributed by atoms with E-state index < -0.39 is 0 Å². The Labute approximate surface area is 196 Å². The fourth-order valence-corrected chi connectivity index (χ4v) is 4.85. The number of carbonyl (C=O) groups excluding carboxylic acids is 1. The van der Waals surface area contributed by atoms with Gasteiger partial charge < -0.3 is 4.57 Å². The Bertz CT molecular complexity index is 1360. The Morgan fingerprint density at radius 1 is 1.06 bits per heavy atom. The van der Waals surface area contributed by atoms with E-state index >= 15 is 0 Å². The topological polar surface area (TPSA) is 51.0 Å². The maximum atomic E-state index is 13.6. The number of carbonyl (C=O) groups is 1. The third kappa shape index (κ3) is 4.38. The number of anilines is 1. The van der Waals surface area contributed by atoms with E-state index in [2.05, 4.69) is 30.1 Å². The first-order chi connectivity index (χ1) is 15.2. The lowest BCUT2D eigenvalue weighted by Gasteiger charge is -2.20. The Balaban J connectivity index is 0.00000245. The Hall–Kier alpha value is -3.22. The van der Waals surface area contributed by atoms with Crippen LogP contribution in [0, 0.1) is 6.92 Å². The van der Waals surface area contributed by atoms with Gasteiger partial charge in [-0.2, -0.15) is 0 Å². The molecule has 0 atom stereocenters. The predicted octanol–water partition coefficient (Wildman–Crippen LogP) is 6.11. The zero-order chi connectivity index (χ0) is 21.2. The molecule has 32 heavy (non-hydrogen) atoms. The molecule has 0 radical (unpaired) electrons. The monoisotopic (exact) mass is 462 g/mol. The van der Waals surface area contributed by atoms with Crippen LogP contribution in [0.5, 0.6) is 0 Å². The fourth-order valence-electron chi connectivity index (χ4n) is 3.78. The molecule has 0 aliphatic heterocycles. The fraction of sp³-hybridized carbons (Fsp3) is 0.160. The van der Waals surface area contributed by atoms with E-state index in [4.69, 9.17) is 4.98 Å². The predicted molar refractivity (Wildman–Crippen MR) is 134 cm³/mol. The van der Waals surface area contributed by atoms with Gasteiger partial charge in [-0.3, -0.25) is 9.69 Å². The van der Waals surface area contributed by atoms with Gasteiger partial charge >= 0.3 is 0 Å². The van der Waals surface area contributed by atoms with E-state index in [0.29, 0.717) is 12.1 Å². The summed E-state index contributed by atoms with van der Waals surface area (Å²) in [6.45, 7) is 3.44. The molecule has 3 aromatic carbocycles. The molecule has 162 valence electrons. The molecule has 0 bridgehead atoms. The maximum absolute atomic E-state index is 13.6. The van der Waals surface area contributed by atoms with Crippen LogP contribution in [0.1, 0.15) is 22.3 Å². The average Bonchev–Trinajstić information content (AvgIpc) is 3.46. The molecule has 0 spiro atoms.